The number of allylic oxidation sites excluding steroid dienone is 1. The molecule has 0 aromatic carbocycles. The van der Waals surface area contributed by atoms with Crippen LogP contribution in [0.25, 0.3) is 0 Å². The summed E-state index contributed by atoms with van der Waals surface area (Å²) in [4.78, 5) is 0. The van der Waals surface area contributed by atoms with Crippen LogP contribution in [0.4, 0.5) is 0 Å². The van der Waals surface area contributed by atoms with Crippen molar-refractivity contribution in [1.82, 2.24) is 0 Å². The highest BCUT2D eigenvalue weighted by Crippen LogP contribution is 2.54. The molecule has 1 spiro atoms. The normalized spacial score (nSPS) is 28.7. The SMILES string of the molecule is CCCCCCCCCCS[C@H]1CC[C@]2(CO2)[C@@H](C(C)(C)OCC=C(C)C)[C@@H]1OC. The van der Waals surface area contributed by atoms with E-state index in [1.54, 1.807) is 0 Å². The van der Waals surface area contributed by atoms with E-state index < -0.39 is 0 Å². The molecule has 0 bridgehead atoms. The fraction of sp³-hybridized carbons (Fsp3) is 0.923. The summed E-state index contributed by atoms with van der Waals surface area (Å²) < 4.78 is 18.6. The molecular weight excluding hydrogens is 392 g/mol. The minimum absolute atomic E-state index is 0.0231. The fourth-order valence-electron chi connectivity index (χ4n) is 5.12. The first-order chi connectivity index (χ1) is 14.4. The molecule has 30 heavy (non-hydrogen) atoms. The van der Waals surface area contributed by atoms with Gasteiger partial charge < -0.3 is 14.2 Å². The van der Waals surface area contributed by atoms with Crippen molar-refractivity contribution in [3.8, 4) is 0 Å². The lowest BCUT2D eigenvalue weighted by molar-refractivity contribution is -0.136. The van der Waals surface area contributed by atoms with E-state index >= 15 is 0 Å². The summed E-state index contributed by atoms with van der Waals surface area (Å²) in [6, 6.07) is 0. The molecule has 0 N–H and O–H groups in total. The van der Waals surface area contributed by atoms with E-state index in [4.69, 9.17) is 14.2 Å². The Morgan fingerprint density at radius 1 is 1.10 bits per heavy atom. The molecule has 1 saturated carbocycles. The van der Waals surface area contributed by atoms with Crippen molar-refractivity contribution >= 4 is 11.8 Å². The average molecular weight is 441 g/mol. The lowest BCUT2D eigenvalue weighted by atomic mass is 9.69. The molecule has 0 aromatic rings. The lowest BCUT2D eigenvalue weighted by Gasteiger charge is -2.48. The molecule has 1 saturated heterocycles. The van der Waals surface area contributed by atoms with Gasteiger partial charge in [-0.25, -0.2) is 0 Å². The van der Waals surface area contributed by atoms with E-state index in [9.17, 15) is 0 Å². The van der Waals surface area contributed by atoms with Gasteiger partial charge in [0.05, 0.1) is 30.5 Å². The van der Waals surface area contributed by atoms with Crippen LogP contribution in [0.15, 0.2) is 11.6 Å². The molecule has 4 atom stereocenters. The number of thioether (sulfide) groups is 1. The summed E-state index contributed by atoms with van der Waals surface area (Å²) in [6.45, 7) is 12.5. The van der Waals surface area contributed by atoms with Crippen LogP contribution in [-0.4, -0.2) is 48.6 Å². The van der Waals surface area contributed by atoms with E-state index in [1.807, 2.05) is 7.11 Å². The first-order valence-electron chi connectivity index (χ1n) is 12.4. The van der Waals surface area contributed by atoms with Crippen molar-refractivity contribution < 1.29 is 14.2 Å². The predicted molar refractivity (Wildman–Crippen MR) is 131 cm³/mol. The van der Waals surface area contributed by atoms with Crippen molar-refractivity contribution in [1.29, 1.82) is 0 Å². The van der Waals surface area contributed by atoms with Gasteiger partial charge in [-0.15, -0.1) is 0 Å². The number of ether oxygens (including phenoxy) is 3. The molecule has 0 aromatic heterocycles. The largest absolute Gasteiger partial charge is 0.380 e. The van der Waals surface area contributed by atoms with E-state index in [1.165, 1.54) is 69.1 Å². The van der Waals surface area contributed by atoms with Crippen LogP contribution in [-0.2, 0) is 14.2 Å². The molecular formula is C26H48O3S. The monoisotopic (exact) mass is 440 g/mol. The summed E-state index contributed by atoms with van der Waals surface area (Å²) in [5.74, 6) is 1.53. The first-order valence-corrected chi connectivity index (χ1v) is 13.5. The third-order valence-corrected chi connectivity index (χ3v) is 8.38. The van der Waals surface area contributed by atoms with Gasteiger partial charge in [-0.05, 0) is 52.7 Å². The number of epoxide rings is 1. The van der Waals surface area contributed by atoms with Crippen LogP contribution in [0.5, 0.6) is 0 Å². The highest BCUT2D eigenvalue weighted by atomic mass is 32.2. The topological polar surface area (TPSA) is 31.0 Å². The number of methoxy groups -OCH3 is 1. The Labute approximate surface area is 191 Å². The van der Waals surface area contributed by atoms with E-state index in [0.29, 0.717) is 11.9 Å². The second kappa shape index (κ2) is 12.9. The molecule has 2 fully saturated rings. The Kier molecular flexibility index (Phi) is 11.2. The third-order valence-electron chi connectivity index (χ3n) is 6.93. The Morgan fingerprint density at radius 2 is 1.73 bits per heavy atom. The van der Waals surface area contributed by atoms with Gasteiger partial charge in [-0.2, -0.15) is 11.8 Å². The molecule has 1 heterocycles. The molecule has 0 radical (unpaired) electrons. The molecule has 1 aliphatic carbocycles. The maximum absolute atomic E-state index is 6.39. The van der Waals surface area contributed by atoms with Gasteiger partial charge in [0.1, 0.15) is 0 Å². The van der Waals surface area contributed by atoms with Gasteiger partial charge in [0.15, 0.2) is 0 Å². The van der Waals surface area contributed by atoms with Gasteiger partial charge in [-0.1, -0.05) is 63.5 Å². The summed E-state index contributed by atoms with van der Waals surface area (Å²) in [7, 11) is 1.88. The lowest BCUT2D eigenvalue weighted by Crippen LogP contribution is -2.57. The smallest absolute Gasteiger partial charge is 0.0997 e. The van der Waals surface area contributed by atoms with Crippen LogP contribution < -0.4 is 0 Å². The molecule has 0 amide bonds. The van der Waals surface area contributed by atoms with Crippen LogP contribution in [0.1, 0.15) is 98.8 Å². The van der Waals surface area contributed by atoms with Gasteiger partial charge >= 0.3 is 0 Å². The van der Waals surface area contributed by atoms with Crippen molar-refractivity contribution in [2.24, 2.45) is 5.92 Å². The van der Waals surface area contributed by atoms with E-state index in [2.05, 4.69) is 52.5 Å². The van der Waals surface area contributed by atoms with Crippen molar-refractivity contribution in [2.45, 2.75) is 121 Å². The zero-order valence-electron chi connectivity index (χ0n) is 20.6. The van der Waals surface area contributed by atoms with E-state index in [0.717, 1.165) is 13.0 Å². The molecule has 1 aliphatic heterocycles. The minimum Gasteiger partial charge on any atom is -0.380 e. The quantitative estimate of drug-likeness (QED) is 0.153. The van der Waals surface area contributed by atoms with Gasteiger partial charge in [0.25, 0.3) is 0 Å². The molecule has 2 rings (SSSR count). The van der Waals surface area contributed by atoms with Crippen LogP contribution in [0.2, 0.25) is 0 Å². The molecule has 3 nitrogen and oxygen atoms in total. The number of unbranched alkanes of at least 4 members (excludes halogenated alkanes) is 7. The predicted octanol–water partition coefficient (Wildman–Crippen LogP) is 7.18. The Bertz CT molecular complexity index is 508. The molecule has 4 heteroatoms. The second-order valence-corrected chi connectivity index (χ2v) is 11.5. The molecule has 176 valence electrons. The highest BCUT2D eigenvalue weighted by Gasteiger charge is 2.63. The highest BCUT2D eigenvalue weighted by molar-refractivity contribution is 7.99. The zero-order chi connectivity index (χ0) is 22.0. The number of hydrogen-bond acceptors (Lipinski definition) is 4. The average Bonchev–Trinajstić information content (AvgIpc) is 3.46. The summed E-state index contributed by atoms with van der Waals surface area (Å²) >= 11 is 2.13. The fourth-order valence-corrected chi connectivity index (χ4v) is 6.53. The van der Waals surface area contributed by atoms with Crippen LogP contribution in [0, 0.1) is 5.92 Å². The second-order valence-electron chi connectivity index (χ2n) is 10.2. The van der Waals surface area contributed by atoms with Gasteiger partial charge in [0.2, 0.25) is 0 Å². The van der Waals surface area contributed by atoms with Crippen molar-refractivity contribution in [3.05, 3.63) is 11.6 Å². The van der Waals surface area contributed by atoms with Gasteiger partial charge in [0, 0.05) is 18.3 Å². The maximum atomic E-state index is 6.39. The Morgan fingerprint density at radius 3 is 2.30 bits per heavy atom. The third kappa shape index (κ3) is 7.83. The zero-order valence-corrected chi connectivity index (χ0v) is 21.5. The number of hydrogen-bond donors (Lipinski definition) is 0. The summed E-state index contributed by atoms with van der Waals surface area (Å²) in [5, 5.41) is 0.547. The molecule has 0 unspecified atom stereocenters. The van der Waals surface area contributed by atoms with Gasteiger partial charge in [-0.3, -0.25) is 0 Å². The minimum atomic E-state index is -0.263. The Balaban J connectivity index is 1.82. The first kappa shape index (κ1) is 26.2. The number of rotatable bonds is 15. The summed E-state index contributed by atoms with van der Waals surface area (Å²) in [6.07, 6.45) is 15.8. The van der Waals surface area contributed by atoms with Crippen LogP contribution >= 0.6 is 11.8 Å². The summed E-state index contributed by atoms with van der Waals surface area (Å²) in [5.41, 5.74) is 1.01. The Hall–Kier alpha value is -0.0300. The standard InChI is InChI=1S/C26H48O3S/c1-7-8-9-10-11-12-13-14-19-30-22-15-17-26(20-29-26)24(23(22)27-6)25(4,5)28-18-16-21(2)3/h16,22-24H,7-15,17-20H2,1-6H3/t22-,23+,24+,26-/m0/s1. The van der Waals surface area contributed by atoms with Crippen molar-refractivity contribution in [2.75, 3.05) is 26.1 Å². The molecule has 2 aliphatic rings. The van der Waals surface area contributed by atoms with Crippen molar-refractivity contribution in [3.63, 3.8) is 0 Å². The van der Waals surface area contributed by atoms with E-state index in [-0.39, 0.29) is 23.2 Å². The maximum Gasteiger partial charge on any atom is 0.0997 e. The van der Waals surface area contributed by atoms with Crippen LogP contribution in [0.3, 0.4) is 0 Å².